The van der Waals surface area contributed by atoms with Gasteiger partial charge in [-0.1, -0.05) is 0 Å². The Bertz CT molecular complexity index is 1020. The first kappa shape index (κ1) is 15.0. The third-order valence-electron chi connectivity index (χ3n) is 3.89. The van der Waals surface area contributed by atoms with Gasteiger partial charge in [0.25, 0.3) is 0 Å². The highest BCUT2D eigenvalue weighted by molar-refractivity contribution is 5.84. The predicted molar refractivity (Wildman–Crippen MR) is 99.0 cm³/mol. The van der Waals surface area contributed by atoms with Crippen LogP contribution in [0.1, 0.15) is 8.42 Å². The molecule has 0 unspecified atom stereocenters. The SMILES string of the molecule is CN(Cc1ccncc1)c1cc(-c2c(N)nn3cccnc23)ncn1.[HH].[HH]. The number of aromatic nitrogens is 6. The third kappa shape index (κ3) is 2.85. The van der Waals surface area contributed by atoms with Crippen LogP contribution in [0.15, 0.2) is 55.4 Å². The summed E-state index contributed by atoms with van der Waals surface area (Å²) in [5.74, 6) is 1.18. The second-order valence-corrected chi connectivity index (χ2v) is 5.62. The van der Waals surface area contributed by atoms with Crippen LogP contribution in [0.2, 0.25) is 0 Å². The van der Waals surface area contributed by atoms with Crippen LogP contribution >= 0.6 is 0 Å². The van der Waals surface area contributed by atoms with E-state index in [0.717, 1.165) is 11.4 Å². The first-order valence-electron chi connectivity index (χ1n) is 7.73. The van der Waals surface area contributed by atoms with Gasteiger partial charge in [0.05, 0.1) is 11.3 Å². The summed E-state index contributed by atoms with van der Waals surface area (Å²) in [5, 5.41) is 4.28. The van der Waals surface area contributed by atoms with Crippen molar-refractivity contribution in [1.82, 2.24) is 29.5 Å². The fourth-order valence-electron chi connectivity index (χ4n) is 2.69. The van der Waals surface area contributed by atoms with Crippen molar-refractivity contribution < 1.29 is 2.85 Å². The smallest absolute Gasteiger partial charge is 0.166 e. The van der Waals surface area contributed by atoms with Gasteiger partial charge in [-0.25, -0.2) is 19.5 Å². The van der Waals surface area contributed by atoms with E-state index in [4.69, 9.17) is 5.73 Å². The van der Waals surface area contributed by atoms with Crippen molar-refractivity contribution in [2.45, 2.75) is 6.54 Å². The number of anilines is 2. The zero-order chi connectivity index (χ0) is 17.2. The fraction of sp³-hybridized carbons (Fsp3) is 0.118. The number of nitrogen functional groups attached to an aromatic ring is 1. The normalized spacial score (nSPS) is 10.9. The van der Waals surface area contributed by atoms with E-state index >= 15 is 0 Å². The maximum absolute atomic E-state index is 6.08. The van der Waals surface area contributed by atoms with Crippen LogP contribution in [0.3, 0.4) is 0 Å². The molecule has 0 aliphatic carbocycles. The fourth-order valence-corrected chi connectivity index (χ4v) is 2.69. The highest BCUT2D eigenvalue weighted by atomic mass is 15.3. The summed E-state index contributed by atoms with van der Waals surface area (Å²) in [7, 11) is 1.98. The minimum absolute atomic E-state index is 0. The number of rotatable bonds is 4. The molecule has 0 saturated heterocycles. The van der Waals surface area contributed by atoms with Crippen LogP contribution in [0.5, 0.6) is 0 Å². The number of hydrogen-bond donors (Lipinski definition) is 1. The van der Waals surface area contributed by atoms with Crippen molar-refractivity contribution in [1.29, 1.82) is 0 Å². The second-order valence-electron chi connectivity index (χ2n) is 5.62. The van der Waals surface area contributed by atoms with Crippen LogP contribution in [-0.4, -0.2) is 36.6 Å². The van der Waals surface area contributed by atoms with Crippen LogP contribution in [0.4, 0.5) is 11.6 Å². The third-order valence-corrected chi connectivity index (χ3v) is 3.89. The van der Waals surface area contributed by atoms with Crippen molar-refractivity contribution in [2.24, 2.45) is 0 Å². The molecule has 4 heterocycles. The average Bonchev–Trinajstić information content (AvgIpc) is 2.98. The van der Waals surface area contributed by atoms with Gasteiger partial charge in [-0.05, 0) is 23.8 Å². The van der Waals surface area contributed by atoms with Crippen molar-refractivity contribution in [3.63, 3.8) is 0 Å². The Morgan fingerprint density at radius 2 is 2.00 bits per heavy atom. The van der Waals surface area contributed by atoms with Crippen LogP contribution < -0.4 is 10.6 Å². The molecule has 25 heavy (non-hydrogen) atoms. The quantitative estimate of drug-likeness (QED) is 0.610. The van der Waals surface area contributed by atoms with Gasteiger partial charge in [-0.15, -0.1) is 5.10 Å². The minimum Gasteiger partial charge on any atom is -0.382 e. The molecule has 4 rings (SSSR count). The molecule has 2 N–H and O–H groups in total. The average molecular weight is 336 g/mol. The van der Waals surface area contributed by atoms with Gasteiger partial charge in [0.1, 0.15) is 12.1 Å². The number of fused-ring (bicyclic) bond motifs is 1. The first-order valence-corrected chi connectivity index (χ1v) is 7.73. The molecule has 0 radical (unpaired) electrons. The summed E-state index contributed by atoms with van der Waals surface area (Å²) in [6.07, 6.45) is 8.59. The molecular formula is C17H20N8. The molecule has 4 aromatic rings. The molecule has 0 atom stereocenters. The largest absolute Gasteiger partial charge is 0.382 e. The van der Waals surface area contributed by atoms with Gasteiger partial charge in [-0.2, -0.15) is 0 Å². The lowest BCUT2D eigenvalue weighted by atomic mass is 10.2. The number of pyridine rings is 1. The van der Waals surface area contributed by atoms with Crippen molar-refractivity contribution >= 4 is 17.3 Å². The molecule has 0 aliphatic rings. The highest BCUT2D eigenvalue weighted by Gasteiger charge is 2.16. The Labute approximate surface area is 147 Å². The summed E-state index contributed by atoms with van der Waals surface area (Å²) >= 11 is 0. The van der Waals surface area contributed by atoms with Crippen molar-refractivity contribution in [3.8, 4) is 11.3 Å². The molecule has 0 fully saturated rings. The molecule has 0 saturated carbocycles. The molecule has 0 aromatic carbocycles. The molecule has 4 aromatic heterocycles. The Morgan fingerprint density at radius 3 is 2.84 bits per heavy atom. The van der Waals surface area contributed by atoms with E-state index in [-0.39, 0.29) is 2.85 Å². The van der Waals surface area contributed by atoms with E-state index in [1.54, 1.807) is 35.4 Å². The van der Waals surface area contributed by atoms with Crippen LogP contribution in [0.25, 0.3) is 16.9 Å². The Morgan fingerprint density at radius 1 is 1.16 bits per heavy atom. The lowest BCUT2D eigenvalue weighted by Crippen LogP contribution is -2.17. The van der Waals surface area contributed by atoms with Crippen LogP contribution in [0, 0.1) is 0 Å². The summed E-state index contributed by atoms with van der Waals surface area (Å²) in [4.78, 5) is 19.2. The van der Waals surface area contributed by atoms with Crippen molar-refractivity contribution in [2.75, 3.05) is 17.7 Å². The van der Waals surface area contributed by atoms with Gasteiger partial charge >= 0.3 is 0 Å². The number of hydrogen-bond acceptors (Lipinski definition) is 7. The van der Waals surface area contributed by atoms with E-state index in [0.29, 0.717) is 29.3 Å². The van der Waals surface area contributed by atoms with Gasteiger partial charge in [0.2, 0.25) is 0 Å². The van der Waals surface area contributed by atoms with Gasteiger partial charge < -0.3 is 10.6 Å². The zero-order valence-electron chi connectivity index (χ0n) is 13.6. The van der Waals surface area contributed by atoms with Gasteiger partial charge in [0.15, 0.2) is 11.5 Å². The molecule has 8 nitrogen and oxygen atoms in total. The van der Waals surface area contributed by atoms with Crippen LogP contribution in [-0.2, 0) is 6.54 Å². The monoisotopic (exact) mass is 336 g/mol. The van der Waals surface area contributed by atoms with E-state index in [1.807, 2.05) is 30.1 Å². The molecule has 0 amide bonds. The number of nitrogens with two attached hydrogens (primary N) is 1. The molecule has 0 aliphatic heterocycles. The molecule has 128 valence electrons. The summed E-state index contributed by atoms with van der Waals surface area (Å²) in [6.45, 7) is 0.710. The van der Waals surface area contributed by atoms with E-state index < -0.39 is 0 Å². The van der Waals surface area contributed by atoms with Gasteiger partial charge in [0, 0.05) is 47.3 Å². The summed E-state index contributed by atoms with van der Waals surface area (Å²) in [6, 6.07) is 7.65. The summed E-state index contributed by atoms with van der Waals surface area (Å²) < 4.78 is 1.65. The predicted octanol–water partition coefficient (Wildman–Crippen LogP) is 2.29. The highest BCUT2D eigenvalue weighted by Crippen LogP contribution is 2.29. The Balaban J connectivity index is 0.00000131. The van der Waals surface area contributed by atoms with E-state index in [2.05, 4.69) is 25.0 Å². The first-order chi connectivity index (χ1) is 12.2. The van der Waals surface area contributed by atoms with E-state index in [9.17, 15) is 0 Å². The maximum Gasteiger partial charge on any atom is 0.166 e. The Hall–Kier alpha value is -3.55. The molecular weight excluding hydrogens is 316 g/mol. The standard InChI is InChI=1S/C17H16N8.2H2/c1-24(10-12-3-6-19-7-4-12)14-9-13(21-11-22-14)15-16(18)23-25-8-2-5-20-17(15)25;;/h2-9,11H,10H2,1H3,(H2,18,23);2*1H. The molecule has 8 heteroatoms. The second kappa shape index (κ2) is 6.16. The summed E-state index contributed by atoms with van der Waals surface area (Å²) in [5.41, 5.74) is 9.30. The maximum atomic E-state index is 6.08. The lowest BCUT2D eigenvalue weighted by Gasteiger charge is -2.18. The minimum atomic E-state index is 0. The topological polar surface area (TPSA) is 98.1 Å². The molecule has 0 bridgehead atoms. The van der Waals surface area contributed by atoms with Gasteiger partial charge in [-0.3, -0.25) is 4.98 Å². The Kier molecular flexibility index (Phi) is 3.70. The molecule has 0 spiro atoms. The van der Waals surface area contributed by atoms with E-state index in [1.165, 1.54) is 6.33 Å². The number of nitrogens with zero attached hydrogens (tertiary/aromatic N) is 7. The van der Waals surface area contributed by atoms with Crippen molar-refractivity contribution in [3.05, 3.63) is 60.9 Å². The lowest BCUT2D eigenvalue weighted by molar-refractivity contribution is 0.889. The zero-order valence-corrected chi connectivity index (χ0v) is 13.6.